The molecule has 0 spiro atoms. The molecule has 4 N–H and O–H groups in total. The van der Waals surface area contributed by atoms with Crippen molar-refractivity contribution in [2.24, 2.45) is 17.6 Å². The molecule has 1 aliphatic rings. The van der Waals surface area contributed by atoms with E-state index in [0.717, 1.165) is 25.7 Å². The third kappa shape index (κ3) is 5.36. The Bertz CT molecular complexity index is 317. The lowest BCUT2D eigenvalue weighted by Gasteiger charge is -2.31. The van der Waals surface area contributed by atoms with Crippen LogP contribution in [0, 0.1) is 11.8 Å². The van der Waals surface area contributed by atoms with Crippen molar-refractivity contribution in [1.82, 2.24) is 10.2 Å². The Kier molecular flexibility index (Phi) is 7.36. The maximum atomic E-state index is 12.1. The maximum Gasteiger partial charge on any atom is 0.314 e. The molecule has 0 aromatic rings. The number of piperidine rings is 1. The second kappa shape index (κ2) is 8.79. The van der Waals surface area contributed by atoms with E-state index < -0.39 is 6.03 Å². The molecule has 0 radical (unpaired) electrons. The summed E-state index contributed by atoms with van der Waals surface area (Å²) in [6, 6.07) is -0.452. The first kappa shape index (κ1) is 16.8. The van der Waals surface area contributed by atoms with Crippen LogP contribution < -0.4 is 11.1 Å². The number of nitrogens with zero attached hydrogens (tertiary/aromatic N) is 1. The molecule has 1 aliphatic heterocycles. The van der Waals surface area contributed by atoms with Gasteiger partial charge < -0.3 is 21.1 Å². The van der Waals surface area contributed by atoms with Crippen molar-refractivity contribution in [3.63, 3.8) is 0 Å². The summed E-state index contributed by atoms with van der Waals surface area (Å²) in [4.78, 5) is 24.8. The lowest BCUT2D eigenvalue weighted by molar-refractivity contribution is -0.126. The number of hydrogen-bond donors (Lipinski definition) is 3. The van der Waals surface area contributed by atoms with Gasteiger partial charge in [-0.15, -0.1) is 0 Å². The minimum atomic E-state index is -0.452. The minimum Gasteiger partial charge on any atom is -0.396 e. The van der Waals surface area contributed by atoms with E-state index in [1.165, 1.54) is 4.90 Å². The van der Waals surface area contributed by atoms with Crippen molar-refractivity contribution in [3.05, 3.63) is 0 Å². The number of carbonyl (C=O) groups is 2. The predicted molar refractivity (Wildman–Crippen MR) is 77.0 cm³/mol. The van der Waals surface area contributed by atoms with Crippen LogP contribution in [-0.4, -0.2) is 48.2 Å². The number of carbonyl (C=O) groups excluding carboxylic acids is 2. The zero-order chi connectivity index (χ0) is 15.0. The highest BCUT2D eigenvalue weighted by molar-refractivity contribution is 5.80. The Balaban J connectivity index is 2.39. The van der Waals surface area contributed by atoms with Crippen LogP contribution in [0.25, 0.3) is 0 Å². The first-order valence-corrected chi connectivity index (χ1v) is 7.51. The molecule has 1 saturated heterocycles. The van der Waals surface area contributed by atoms with E-state index in [4.69, 9.17) is 10.8 Å². The quantitative estimate of drug-likeness (QED) is 0.642. The van der Waals surface area contributed by atoms with Crippen LogP contribution in [0.1, 0.15) is 39.0 Å². The highest BCUT2D eigenvalue weighted by atomic mass is 16.3. The van der Waals surface area contributed by atoms with Gasteiger partial charge in [0.15, 0.2) is 0 Å². The van der Waals surface area contributed by atoms with Gasteiger partial charge in [-0.3, -0.25) is 4.79 Å². The van der Waals surface area contributed by atoms with E-state index in [-0.39, 0.29) is 18.4 Å². The van der Waals surface area contributed by atoms with Crippen molar-refractivity contribution in [2.45, 2.75) is 39.0 Å². The molecule has 0 aliphatic carbocycles. The van der Waals surface area contributed by atoms with Gasteiger partial charge in [0.2, 0.25) is 5.91 Å². The van der Waals surface area contributed by atoms with Crippen LogP contribution in [0.2, 0.25) is 0 Å². The lowest BCUT2D eigenvalue weighted by atomic mass is 9.96. The third-order valence-electron chi connectivity index (χ3n) is 3.90. The van der Waals surface area contributed by atoms with E-state index in [0.29, 0.717) is 32.0 Å². The second-order valence-electron chi connectivity index (χ2n) is 5.54. The average molecular weight is 285 g/mol. The summed E-state index contributed by atoms with van der Waals surface area (Å²) in [5, 5.41) is 12.0. The molecule has 1 heterocycles. The van der Waals surface area contributed by atoms with Crippen LogP contribution in [0.3, 0.4) is 0 Å². The van der Waals surface area contributed by atoms with Gasteiger partial charge >= 0.3 is 6.03 Å². The highest BCUT2D eigenvalue weighted by Crippen LogP contribution is 2.17. The largest absolute Gasteiger partial charge is 0.396 e. The molecule has 2 atom stereocenters. The first-order valence-electron chi connectivity index (χ1n) is 7.51. The zero-order valence-electron chi connectivity index (χ0n) is 12.3. The summed E-state index contributed by atoms with van der Waals surface area (Å²) in [6.07, 6.45) is 4.37. The van der Waals surface area contributed by atoms with Gasteiger partial charge in [-0.05, 0) is 31.6 Å². The van der Waals surface area contributed by atoms with Gasteiger partial charge in [0, 0.05) is 26.2 Å². The monoisotopic (exact) mass is 285 g/mol. The number of nitrogens with one attached hydrogen (secondary N) is 1. The summed E-state index contributed by atoms with van der Waals surface area (Å²) in [7, 11) is 0. The Hall–Kier alpha value is -1.30. The Morgan fingerprint density at radius 1 is 1.45 bits per heavy atom. The number of aliphatic hydroxyl groups excluding tert-OH is 1. The number of primary amides is 1. The number of urea groups is 1. The Labute approximate surface area is 120 Å². The smallest absolute Gasteiger partial charge is 0.314 e. The average Bonchev–Trinajstić information content (AvgIpc) is 2.45. The van der Waals surface area contributed by atoms with Gasteiger partial charge in [0.25, 0.3) is 0 Å². The number of aliphatic hydroxyl groups is 1. The molecular weight excluding hydrogens is 258 g/mol. The van der Waals surface area contributed by atoms with Gasteiger partial charge in [-0.2, -0.15) is 0 Å². The van der Waals surface area contributed by atoms with Crippen molar-refractivity contribution in [3.8, 4) is 0 Å². The van der Waals surface area contributed by atoms with E-state index in [2.05, 4.69) is 12.2 Å². The third-order valence-corrected chi connectivity index (χ3v) is 3.90. The normalized spacial score (nSPS) is 20.5. The highest BCUT2D eigenvalue weighted by Gasteiger charge is 2.27. The van der Waals surface area contributed by atoms with Crippen molar-refractivity contribution in [2.75, 3.05) is 26.2 Å². The predicted octanol–water partition coefficient (Wildman–Crippen LogP) is 0.692. The molecule has 1 fully saturated rings. The molecule has 20 heavy (non-hydrogen) atoms. The minimum absolute atomic E-state index is 0.00464. The van der Waals surface area contributed by atoms with Crippen LogP contribution in [0.4, 0.5) is 4.79 Å². The fraction of sp³-hybridized carbons (Fsp3) is 0.857. The molecular formula is C14H27N3O3. The standard InChI is InChI=1S/C14H27N3O3/c1-2-4-11(6-8-18)9-16-13(19)12-5-3-7-17(10-12)14(15)20/h11-12,18H,2-10H2,1H3,(H2,15,20)(H,16,19). The maximum absolute atomic E-state index is 12.1. The van der Waals surface area contributed by atoms with Crippen LogP contribution in [0.15, 0.2) is 0 Å². The van der Waals surface area contributed by atoms with E-state index in [1.54, 1.807) is 0 Å². The fourth-order valence-electron chi connectivity index (χ4n) is 2.72. The summed E-state index contributed by atoms with van der Waals surface area (Å²) < 4.78 is 0. The summed E-state index contributed by atoms with van der Waals surface area (Å²) in [5.74, 6) is 0.160. The van der Waals surface area contributed by atoms with Crippen LogP contribution >= 0.6 is 0 Å². The molecule has 0 aromatic carbocycles. The number of amides is 3. The summed E-state index contributed by atoms with van der Waals surface area (Å²) >= 11 is 0. The van der Waals surface area contributed by atoms with Crippen LogP contribution in [0.5, 0.6) is 0 Å². The molecule has 6 nitrogen and oxygen atoms in total. The van der Waals surface area contributed by atoms with Gasteiger partial charge in [0.05, 0.1) is 5.92 Å². The Morgan fingerprint density at radius 3 is 2.80 bits per heavy atom. The zero-order valence-corrected chi connectivity index (χ0v) is 12.3. The number of rotatable bonds is 7. The van der Waals surface area contributed by atoms with Gasteiger partial charge in [-0.25, -0.2) is 4.79 Å². The summed E-state index contributed by atoms with van der Waals surface area (Å²) in [6.45, 7) is 3.90. The molecule has 0 aromatic heterocycles. The topological polar surface area (TPSA) is 95.7 Å². The van der Waals surface area contributed by atoms with Crippen molar-refractivity contribution < 1.29 is 14.7 Å². The molecule has 6 heteroatoms. The van der Waals surface area contributed by atoms with Crippen molar-refractivity contribution >= 4 is 11.9 Å². The number of nitrogens with two attached hydrogens (primary N) is 1. The first-order chi connectivity index (χ1) is 9.58. The SMILES string of the molecule is CCCC(CCO)CNC(=O)C1CCCN(C(N)=O)C1. The molecule has 1 rings (SSSR count). The number of hydrogen-bond acceptors (Lipinski definition) is 3. The van der Waals surface area contributed by atoms with Gasteiger partial charge in [0.1, 0.15) is 0 Å². The Morgan fingerprint density at radius 2 is 2.20 bits per heavy atom. The van der Waals surface area contributed by atoms with Crippen LogP contribution in [-0.2, 0) is 4.79 Å². The van der Waals surface area contributed by atoms with Crippen molar-refractivity contribution in [1.29, 1.82) is 0 Å². The second-order valence-corrected chi connectivity index (χ2v) is 5.54. The van der Waals surface area contributed by atoms with E-state index in [1.807, 2.05) is 0 Å². The fourth-order valence-corrected chi connectivity index (χ4v) is 2.72. The molecule has 2 unspecified atom stereocenters. The summed E-state index contributed by atoms with van der Waals surface area (Å²) in [5.41, 5.74) is 5.26. The van der Waals surface area contributed by atoms with Gasteiger partial charge in [-0.1, -0.05) is 13.3 Å². The lowest BCUT2D eigenvalue weighted by Crippen LogP contribution is -2.47. The molecule has 3 amide bonds. The molecule has 0 saturated carbocycles. The molecule has 0 bridgehead atoms. The van der Waals surface area contributed by atoms with E-state index in [9.17, 15) is 9.59 Å². The number of likely N-dealkylation sites (tertiary alicyclic amines) is 1. The molecule has 116 valence electrons. The van der Waals surface area contributed by atoms with E-state index >= 15 is 0 Å².